The molecule has 0 aromatic carbocycles. The zero-order valence-corrected chi connectivity index (χ0v) is 11.4. The van der Waals surface area contributed by atoms with E-state index in [4.69, 9.17) is 0 Å². The van der Waals surface area contributed by atoms with Crippen LogP contribution in [0, 0.1) is 5.41 Å². The molecule has 3 heteroatoms. The number of aliphatic hydroxyl groups excluding tert-OH is 1. The highest BCUT2D eigenvalue weighted by molar-refractivity contribution is 4.95. The van der Waals surface area contributed by atoms with Crippen molar-refractivity contribution >= 4 is 0 Å². The van der Waals surface area contributed by atoms with Crippen LogP contribution < -0.4 is 5.32 Å². The highest BCUT2D eigenvalue weighted by atomic mass is 16.3. The van der Waals surface area contributed by atoms with Gasteiger partial charge in [-0.1, -0.05) is 0 Å². The summed E-state index contributed by atoms with van der Waals surface area (Å²) in [6.45, 7) is 8.44. The Morgan fingerprint density at radius 3 is 2.65 bits per heavy atom. The van der Waals surface area contributed by atoms with Crippen molar-refractivity contribution in [1.82, 2.24) is 10.2 Å². The smallest absolute Gasteiger partial charge is 0.0499 e. The van der Waals surface area contributed by atoms with Gasteiger partial charge < -0.3 is 15.3 Å². The summed E-state index contributed by atoms with van der Waals surface area (Å²) in [5, 5.41) is 13.0. The first-order chi connectivity index (χ1) is 8.15. The van der Waals surface area contributed by atoms with Crippen LogP contribution in [-0.4, -0.2) is 48.3 Å². The van der Waals surface area contributed by atoms with Crippen molar-refractivity contribution in [3.63, 3.8) is 0 Å². The molecule has 100 valence electrons. The minimum atomic E-state index is 0.254. The minimum Gasteiger partial charge on any atom is -0.396 e. The Bertz CT molecular complexity index is 238. The van der Waals surface area contributed by atoms with Gasteiger partial charge in [0.25, 0.3) is 0 Å². The molecular formula is C14H28N2O. The lowest BCUT2D eigenvalue weighted by Crippen LogP contribution is -2.37. The standard InChI is InChI=1S/C14H28N2O/c1-12(2)16-8-3-4-13(5-9-16)15-10-14(11-17)6-7-14/h12-13,15,17H,3-11H2,1-2H3. The fourth-order valence-corrected chi connectivity index (χ4v) is 2.77. The number of aliphatic hydroxyl groups is 1. The van der Waals surface area contributed by atoms with E-state index in [2.05, 4.69) is 24.1 Å². The van der Waals surface area contributed by atoms with E-state index in [1.54, 1.807) is 0 Å². The first kappa shape index (κ1) is 13.3. The van der Waals surface area contributed by atoms with E-state index in [0.29, 0.717) is 18.7 Å². The van der Waals surface area contributed by atoms with E-state index in [9.17, 15) is 5.11 Å². The Morgan fingerprint density at radius 2 is 2.06 bits per heavy atom. The lowest BCUT2D eigenvalue weighted by Gasteiger charge is -2.24. The van der Waals surface area contributed by atoms with E-state index in [1.165, 1.54) is 45.2 Å². The molecule has 1 unspecified atom stereocenters. The zero-order chi connectivity index (χ0) is 12.3. The molecule has 1 aliphatic carbocycles. The van der Waals surface area contributed by atoms with Gasteiger partial charge in [0.15, 0.2) is 0 Å². The SMILES string of the molecule is CC(C)N1CCCC(NCC2(CO)CC2)CC1. The van der Waals surface area contributed by atoms with Crippen molar-refractivity contribution in [2.75, 3.05) is 26.2 Å². The fraction of sp³-hybridized carbons (Fsp3) is 1.00. The van der Waals surface area contributed by atoms with Gasteiger partial charge in [-0.3, -0.25) is 0 Å². The Kier molecular flexibility index (Phi) is 4.45. The molecule has 3 nitrogen and oxygen atoms in total. The highest BCUT2D eigenvalue weighted by Gasteiger charge is 2.41. The van der Waals surface area contributed by atoms with Gasteiger partial charge in [0, 0.05) is 30.7 Å². The van der Waals surface area contributed by atoms with Gasteiger partial charge in [0.05, 0.1) is 0 Å². The van der Waals surface area contributed by atoms with Gasteiger partial charge in [0.1, 0.15) is 0 Å². The number of nitrogens with zero attached hydrogens (tertiary/aromatic N) is 1. The zero-order valence-electron chi connectivity index (χ0n) is 11.4. The average molecular weight is 240 g/mol. The summed E-state index contributed by atoms with van der Waals surface area (Å²) >= 11 is 0. The molecular weight excluding hydrogens is 212 g/mol. The molecule has 1 saturated carbocycles. The molecule has 0 radical (unpaired) electrons. The molecule has 2 fully saturated rings. The van der Waals surface area contributed by atoms with E-state index >= 15 is 0 Å². The van der Waals surface area contributed by atoms with Crippen LogP contribution in [0.25, 0.3) is 0 Å². The first-order valence-corrected chi connectivity index (χ1v) is 7.23. The third-order valence-electron chi connectivity index (χ3n) is 4.55. The van der Waals surface area contributed by atoms with Gasteiger partial charge in [0.2, 0.25) is 0 Å². The van der Waals surface area contributed by atoms with Crippen LogP contribution in [0.1, 0.15) is 46.0 Å². The monoisotopic (exact) mass is 240 g/mol. The summed E-state index contributed by atoms with van der Waals surface area (Å²) in [6, 6.07) is 1.35. The second-order valence-corrected chi connectivity index (χ2v) is 6.30. The molecule has 2 aliphatic rings. The quantitative estimate of drug-likeness (QED) is 0.766. The van der Waals surface area contributed by atoms with Crippen LogP contribution in [0.15, 0.2) is 0 Å². The topological polar surface area (TPSA) is 35.5 Å². The predicted octanol–water partition coefficient (Wildman–Crippen LogP) is 1.61. The number of hydrogen-bond acceptors (Lipinski definition) is 3. The summed E-state index contributed by atoms with van der Waals surface area (Å²) in [6.07, 6.45) is 6.29. The second kappa shape index (κ2) is 5.68. The van der Waals surface area contributed by atoms with Gasteiger partial charge >= 0.3 is 0 Å². The van der Waals surface area contributed by atoms with Gasteiger partial charge in [-0.05, 0) is 59.0 Å². The van der Waals surface area contributed by atoms with Crippen LogP contribution >= 0.6 is 0 Å². The summed E-state index contributed by atoms with van der Waals surface area (Å²) in [5.41, 5.74) is 0.254. The number of hydrogen-bond donors (Lipinski definition) is 2. The number of rotatable bonds is 5. The Labute approximate surface area is 106 Å². The van der Waals surface area contributed by atoms with E-state index in [1.807, 2.05) is 0 Å². The minimum absolute atomic E-state index is 0.254. The molecule has 2 N–H and O–H groups in total. The number of nitrogens with one attached hydrogen (secondary N) is 1. The van der Waals surface area contributed by atoms with Crippen LogP contribution in [0.3, 0.4) is 0 Å². The van der Waals surface area contributed by atoms with Gasteiger partial charge in [-0.2, -0.15) is 0 Å². The van der Waals surface area contributed by atoms with Crippen molar-refractivity contribution < 1.29 is 5.11 Å². The molecule has 1 atom stereocenters. The van der Waals surface area contributed by atoms with Crippen LogP contribution in [0.5, 0.6) is 0 Å². The van der Waals surface area contributed by atoms with Crippen molar-refractivity contribution in [2.45, 2.75) is 58.0 Å². The summed E-state index contributed by atoms with van der Waals surface area (Å²) < 4.78 is 0. The largest absolute Gasteiger partial charge is 0.396 e. The second-order valence-electron chi connectivity index (χ2n) is 6.30. The third kappa shape index (κ3) is 3.67. The van der Waals surface area contributed by atoms with Crippen molar-refractivity contribution in [3.8, 4) is 0 Å². The fourth-order valence-electron chi connectivity index (χ4n) is 2.77. The van der Waals surface area contributed by atoms with Crippen LogP contribution in [0.4, 0.5) is 0 Å². The maximum Gasteiger partial charge on any atom is 0.0499 e. The molecule has 0 bridgehead atoms. The molecule has 17 heavy (non-hydrogen) atoms. The third-order valence-corrected chi connectivity index (χ3v) is 4.55. The molecule has 0 aromatic rings. The Balaban J connectivity index is 1.71. The van der Waals surface area contributed by atoms with Crippen molar-refractivity contribution in [2.24, 2.45) is 5.41 Å². The normalized spacial score (nSPS) is 29.3. The Morgan fingerprint density at radius 1 is 1.29 bits per heavy atom. The van der Waals surface area contributed by atoms with Crippen molar-refractivity contribution in [3.05, 3.63) is 0 Å². The summed E-state index contributed by atoms with van der Waals surface area (Å²) in [7, 11) is 0. The maximum absolute atomic E-state index is 9.31. The van der Waals surface area contributed by atoms with Crippen LogP contribution in [-0.2, 0) is 0 Å². The Hall–Kier alpha value is -0.120. The first-order valence-electron chi connectivity index (χ1n) is 7.23. The van der Waals surface area contributed by atoms with E-state index in [0.717, 1.165) is 6.54 Å². The van der Waals surface area contributed by atoms with E-state index in [-0.39, 0.29) is 5.41 Å². The highest BCUT2D eigenvalue weighted by Crippen LogP contribution is 2.44. The van der Waals surface area contributed by atoms with E-state index < -0.39 is 0 Å². The van der Waals surface area contributed by atoms with Crippen molar-refractivity contribution in [1.29, 1.82) is 0 Å². The molecule has 0 aromatic heterocycles. The average Bonchev–Trinajstić information content (AvgIpc) is 3.11. The lowest BCUT2D eigenvalue weighted by molar-refractivity contribution is 0.200. The predicted molar refractivity (Wildman–Crippen MR) is 71.1 cm³/mol. The summed E-state index contributed by atoms with van der Waals surface area (Å²) in [4.78, 5) is 2.58. The lowest BCUT2D eigenvalue weighted by atomic mass is 10.1. The molecule has 2 rings (SSSR count). The maximum atomic E-state index is 9.31. The summed E-state index contributed by atoms with van der Waals surface area (Å²) in [5.74, 6) is 0. The molecule has 1 heterocycles. The molecule has 1 aliphatic heterocycles. The molecule has 0 amide bonds. The number of likely N-dealkylation sites (tertiary alicyclic amines) is 1. The van der Waals surface area contributed by atoms with Gasteiger partial charge in [-0.15, -0.1) is 0 Å². The molecule has 1 saturated heterocycles. The van der Waals surface area contributed by atoms with Crippen LogP contribution in [0.2, 0.25) is 0 Å². The molecule has 0 spiro atoms. The van der Waals surface area contributed by atoms with Gasteiger partial charge in [-0.25, -0.2) is 0 Å².